The SMILES string of the molecule is O=C(Cc1ccnc(C(=O)O)c1)Cc1cc(F)ccc1O. The number of phenols is 1. The zero-order valence-corrected chi connectivity index (χ0v) is 10.9. The molecule has 2 rings (SSSR count). The number of aromatic hydroxyl groups is 1. The van der Waals surface area contributed by atoms with Crippen molar-refractivity contribution in [2.24, 2.45) is 0 Å². The van der Waals surface area contributed by atoms with Crippen LogP contribution in [-0.2, 0) is 17.6 Å². The number of Topliss-reactive ketones (excluding diaryl/α,β-unsaturated/α-hetero) is 1. The molecule has 5 nitrogen and oxygen atoms in total. The third-order valence-electron chi connectivity index (χ3n) is 2.87. The number of carboxylic acid groups (broad SMARTS) is 1. The molecule has 0 saturated carbocycles. The van der Waals surface area contributed by atoms with Crippen molar-refractivity contribution in [2.75, 3.05) is 0 Å². The number of phenolic OH excluding ortho intramolecular Hbond substituents is 1. The number of benzene rings is 1. The average molecular weight is 289 g/mol. The van der Waals surface area contributed by atoms with E-state index in [-0.39, 0.29) is 35.6 Å². The molecule has 0 spiro atoms. The predicted octanol–water partition coefficient (Wildman–Crippen LogP) is 1.98. The first kappa shape index (κ1) is 14.6. The number of aromatic nitrogens is 1. The predicted molar refractivity (Wildman–Crippen MR) is 71.7 cm³/mol. The molecule has 0 aliphatic rings. The van der Waals surface area contributed by atoms with Crippen LogP contribution >= 0.6 is 0 Å². The highest BCUT2D eigenvalue weighted by molar-refractivity contribution is 5.87. The molecule has 0 saturated heterocycles. The Morgan fingerprint density at radius 3 is 2.62 bits per heavy atom. The molecule has 6 heteroatoms. The van der Waals surface area contributed by atoms with Crippen molar-refractivity contribution < 1.29 is 24.2 Å². The summed E-state index contributed by atoms with van der Waals surface area (Å²) in [6, 6.07) is 6.24. The number of aromatic carboxylic acids is 1. The van der Waals surface area contributed by atoms with Gasteiger partial charge in [-0.1, -0.05) is 0 Å². The molecule has 1 aromatic heterocycles. The zero-order valence-electron chi connectivity index (χ0n) is 10.9. The third kappa shape index (κ3) is 3.85. The third-order valence-corrected chi connectivity index (χ3v) is 2.87. The molecule has 1 aromatic carbocycles. The van der Waals surface area contributed by atoms with E-state index in [0.29, 0.717) is 5.56 Å². The minimum Gasteiger partial charge on any atom is -0.508 e. The molecule has 0 aliphatic heterocycles. The lowest BCUT2D eigenvalue weighted by Gasteiger charge is -2.05. The summed E-state index contributed by atoms with van der Waals surface area (Å²) in [4.78, 5) is 26.4. The zero-order chi connectivity index (χ0) is 15.4. The fourth-order valence-corrected chi connectivity index (χ4v) is 1.90. The maximum atomic E-state index is 13.1. The lowest BCUT2D eigenvalue weighted by Crippen LogP contribution is -2.08. The number of hydrogen-bond donors (Lipinski definition) is 2. The molecule has 0 bridgehead atoms. The molecular weight excluding hydrogens is 277 g/mol. The van der Waals surface area contributed by atoms with Gasteiger partial charge >= 0.3 is 5.97 Å². The number of halogens is 1. The van der Waals surface area contributed by atoms with E-state index >= 15 is 0 Å². The van der Waals surface area contributed by atoms with Crippen LogP contribution in [0, 0.1) is 5.82 Å². The van der Waals surface area contributed by atoms with Crippen LogP contribution in [-0.4, -0.2) is 26.9 Å². The molecule has 0 amide bonds. The van der Waals surface area contributed by atoms with Crippen molar-refractivity contribution in [1.29, 1.82) is 0 Å². The van der Waals surface area contributed by atoms with Crippen LogP contribution in [0.5, 0.6) is 5.75 Å². The van der Waals surface area contributed by atoms with E-state index in [1.807, 2.05) is 0 Å². The lowest BCUT2D eigenvalue weighted by atomic mass is 10.0. The van der Waals surface area contributed by atoms with Crippen molar-refractivity contribution in [3.63, 3.8) is 0 Å². The van der Waals surface area contributed by atoms with Gasteiger partial charge in [0.05, 0.1) is 0 Å². The summed E-state index contributed by atoms with van der Waals surface area (Å²) in [5.41, 5.74) is 0.560. The maximum Gasteiger partial charge on any atom is 0.354 e. The van der Waals surface area contributed by atoms with Gasteiger partial charge in [-0.2, -0.15) is 0 Å². The first-order valence-corrected chi connectivity index (χ1v) is 6.13. The van der Waals surface area contributed by atoms with Crippen LogP contribution in [0.4, 0.5) is 4.39 Å². The molecule has 0 atom stereocenters. The van der Waals surface area contributed by atoms with Crippen LogP contribution in [0.15, 0.2) is 36.5 Å². The van der Waals surface area contributed by atoms with Gasteiger partial charge < -0.3 is 10.2 Å². The lowest BCUT2D eigenvalue weighted by molar-refractivity contribution is -0.117. The van der Waals surface area contributed by atoms with Crippen LogP contribution < -0.4 is 0 Å². The molecule has 0 radical (unpaired) electrons. The summed E-state index contributed by atoms with van der Waals surface area (Å²) >= 11 is 0. The Morgan fingerprint density at radius 1 is 1.14 bits per heavy atom. The Balaban J connectivity index is 2.10. The molecular formula is C15H12FNO4. The van der Waals surface area contributed by atoms with Crippen LogP contribution in [0.3, 0.4) is 0 Å². The Hall–Kier alpha value is -2.76. The van der Waals surface area contributed by atoms with Gasteiger partial charge in [0.2, 0.25) is 0 Å². The highest BCUT2D eigenvalue weighted by Gasteiger charge is 2.11. The summed E-state index contributed by atoms with van der Waals surface area (Å²) in [6.07, 6.45) is 1.17. The first-order chi connectivity index (χ1) is 9.95. The van der Waals surface area contributed by atoms with Crippen molar-refractivity contribution in [2.45, 2.75) is 12.8 Å². The minimum absolute atomic E-state index is 0.0151. The minimum atomic E-state index is -1.17. The molecule has 2 N–H and O–H groups in total. The van der Waals surface area contributed by atoms with Gasteiger partial charge in [-0.25, -0.2) is 14.2 Å². The number of rotatable bonds is 5. The van der Waals surface area contributed by atoms with E-state index in [2.05, 4.69) is 4.98 Å². The molecule has 0 aliphatic carbocycles. The fourth-order valence-electron chi connectivity index (χ4n) is 1.90. The topological polar surface area (TPSA) is 87.5 Å². The largest absolute Gasteiger partial charge is 0.508 e. The van der Waals surface area contributed by atoms with E-state index in [0.717, 1.165) is 12.1 Å². The molecule has 0 fully saturated rings. The second-order valence-electron chi connectivity index (χ2n) is 4.52. The second kappa shape index (κ2) is 6.13. The van der Waals surface area contributed by atoms with Crippen LogP contribution in [0.1, 0.15) is 21.6 Å². The number of hydrogen-bond acceptors (Lipinski definition) is 4. The Kier molecular flexibility index (Phi) is 4.27. The van der Waals surface area contributed by atoms with Crippen molar-refractivity contribution in [1.82, 2.24) is 4.98 Å². The molecule has 21 heavy (non-hydrogen) atoms. The summed E-state index contributed by atoms with van der Waals surface area (Å²) in [6.45, 7) is 0. The summed E-state index contributed by atoms with van der Waals surface area (Å²) in [5.74, 6) is -2.12. The van der Waals surface area contributed by atoms with Crippen LogP contribution in [0.2, 0.25) is 0 Å². The number of nitrogens with zero attached hydrogens (tertiary/aromatic N) is 1. The molecule has 1 heterocycles. The summed E-state index contributed by atoms with van der Waals surface area (Å²) in [7, 11) is 0. The average Bonchev–Trinajstić information content (AvgIpc) is 2.43. The number of ketones is 1. The van der Waals surface area contributed by atoms with E-state index in [1.165, 1.54) is 24.4 Å². The highest BCUT2D eigenvalue weighted by Crippen LogP contribution is 2.19. The van der Waals surface area contributed by atoms with E-state index in [1.54, 1.807) is 0 Å². The van der Waals surface area contributed by atoms with Crippen molar-refractivity contribution >= 4 is 11.8 Å². The van der Waals surface area contributed by atoms with Gasteiger partial charge in [-0.3, -0.25) is 4.79 Å². The summed E-state index contributed by atoms with van der Waals surface area (Å²) in [5, 5.41) is 18.4. The van der Waals surface area contributed by atoms with E-state index < -0.39 is 11.8 Å². The smallest absolute Gasteiger partial charge is 0.354 e. The normalized spacial score (nSPS) is 10.3. The Labute approximate surface area is 119 Å². The van der Waals surface area contributed by atoms with Crippen molar-refractivity contribution in [3.05, 3.63) is 59.2 Å². The molecule has 108 valence electrons. The van der Waals surface area contributed by atoms with E-state index in [4.69, 9.17) is 5.11 Å². The van der Waals surface area contributed by atoms with Gasteiger partial charge in [0.25, 0.3) is 0 Å². The molecule has 2 aromatic rings. The quantitative estimate of drug-likeness (QED) is 0.878. The number of pyridine rings is 1. The maximum absolute atomic E-state index is 13.1. The van der Waals surface area contributed by atoms with Gasteiger partial charge in [0.1, 0.15) is 23.0 Å². The first-order valence-electron chi connectivity index (χ1n) is 6.13. The van der Waals surface area contributed by atoms with Gasteiger partial charge in [0.15, 0.2) is 0 Å². The number of carboxylic acids is 1. The van der Waals surface area contributed by atoms with Crippen molar-refractivity contribution in [3.8, 4) is 5.75 Å². The van der Waals surface area contributed by atoms with Gasteiger partial charge in [-0.15, -0.1) is 0 Å². The second-order valence-corrected chi connectivity index (χ2v) is 4.52. The van der Waals surface area contributed by atoms with E-state index in [9.17, 15) is 19.1 Å². The van der Waals surface area contributed by atoms with Crippen LogP contribution in [0.25, 0.3) is 0 Å². The number of carbonyl (C=O) groups is 2. The van der Waals surface area contributed by atoms with Gasteiger partial charge in [-0.05, 0) is 35.9 Å². The molecule has 0 unspecified atom stereocenters. The summed E-state index contributed by atoms with van der Waals surface area (Å²) < 4.78 is 13.1. The monoisotopic (exact) mass is 289 g/mol. The highest BCUT2D eigenvalue weighted by atomic mass is 19.1. The number of carbonyl (C=O) groups excluding carboxylic acids is 1. The standard InChI is InChI=1S/C15H12FNO4/c16-11-1-2-14(19)10(7-11)8-12(18)5-9-3-4-17-13(6-9)15(20)21/h1-4,6-7,19H,5,8H2,(H,20,21). The fraction of sp³-hybridized carbons (Fsp3) is 0.133. The Bertz CT molecular complexity index is 700. The van der Waals surface area contributed by atoms with Gasteiger partial charge in [0, 0.05) is 24.6 Å². The Morgan fingerprint density at radius 2 is 1.90 bits per heavy atom.